The lowest BCUT2D eigenvalue weighted by molar-refractivity contribution is -0.115. The predicted molar refractivity (Wildman–Crippen MR) is 109 cm³/mol. The Morgan fingerprint density at radius 1 is 1.18 bits per heavy atom. The molecule has 5 rings (SSSR count). The Morgan fingerprint density at radius 3 is 2.96 bits per heavy atom. The van der Waals surface area contributed by atoms with Gasteiger partial charge < -0.3 is 20.1 Å². The highest BCUT2D eigenvalue weighted by Crippen LogP contribution is 2.44. The molecule has 0 saturated heterocycles. The highest BCUT2D eigenvalue weighted by molar-refractivity contribution is 6.01. The van der Waals surface area contributed by atoms with Gasteiger partial charge in [-0.05, 0) is 34.9 Å². The number of amides is 1. The molecule has 0 aromatic heterocycles. The van der Waals surface area contributed by atoms with Gasteiger partial charge in [0.2, 0.25) is 5.91 Å². The normalized spacial score (nSPS) is 17.5. The monoisotopic (exact) mass is 374 g/mol. The maximum absolute atomic E-state index is 11.8. The molecule has 28 heavy (non-hydrogen) atoms. The number of hydrogen-bond acceptors (Lipinski definition) is 4. The molecule has 1 atom stereocenters. The number of benzene rings is 3. The summed E-state index contributed by atoms with van der Waals surface area (Å²) in [6.07, 6.45) is 0.253. The van der Waals surface area contributed by atoms with E-state index in [1.54, 1.807) is 0 Å². The first-order chi connectivity index (χ1) is 13.7. The maximum Gasteiger partial charge on any atom is 0.229 e. The fourth-order valence-corrected chi connectivity index (χ4v) is 4.06. The average Bonchev–Trinajstić information content (AvgIpc) is 3.11. The van der Waals surface area contributed by atoms with Crippen molar-refractivity contribution in [2.24, 2.45) is 0 Å². The Labute approximate surface area is 163 Å². The molecule has 1 unspecified atom stereocenters. The molecule has 2 aliphatic rings. The fraction of sp³-hybridized carbons (Fsp3) is 0.261. The van der Waals surface area contributed by atoms with E-state index in [1.807, 2.05) is 13.0 Å². The van der Waals surface area contributed by atoms with E-state index >= 15 is 0 Å². The zero-order valence-electron chi connectivity index (χ0n) is 15.7. The third-order valence-corrected chi connectivity index (χ3v) is 5.42. The smallest absolute Gasteiger partial charge is 0.229 e. The molecule has 5 heteroatoms. The summed E-state index contributed by atoms with van der Waals surface area (Å²) in [5.74, 6) is 1.45. The zero-order valence-corrected chi connectivity index (χ0v) is 15.7. The molecule has 142 valence electrons. The molecule has 1 amide bonds. The van der Waals surface area contributed by atoms with Gasteiger partial charge in [0.1, 0.15) is 12.7 Å². The van der Waals surface area contributed by atoms with Crippen molar-refractivity contribution in [3.05, 3.63) is 65.2 Å². The van der Waals surface area contributed by atoms with Crippen LogP contribution in [0.4, 0.5) is 5.69 Å². The average molecular weight is 374 g/mol. The molecule has 0 aliphatic carbocycles. The molecule has 2 N–H and O–H groups in total. The molecule has 5 nitrogen and oxygen atoms in total. The van der Waals surface area contributed by atoms with Crippen LogP contribution in [0.5, 0.6) is 11.5 Å². The first kappa shape index (κ1) is 17.1. The van der Waals surface area contributed by atoms with E-state index in [1.165, 1.54) is 16.3 Å². The number of ether oxygens (including phenoxy) is 2. The van der Waals surface area contributed by atoms with E-state index < -0.39 is 0 Å². The molecule has 2 heterocycles. The van der Waals surface area contributed by atoms with Gasteiger partial charge in [-0.3, -0.25) is 4.79 Å². The molecule has 0 spiro atoms. The quantitative estimate of drug-likeness (QED) is 0.733. The lowest BCUT2D eigenvalue weighted by atomic mass is 10.0. The third-order valence-electron chi connectivity index (χ3n) is 5.42. The fourth-order valence-electron chi connectivity index (χ4n) is 4.06. The van der Waals surface area contributed by atoms with E-state index in [4.69, 9.17) is 9.47 Å². The molecule has 0 fully saturated rings. The van der Waals surface area contributed by atoms with Crippen LogP contribution in [0.25, 0.3) is 10.8 Å². The Balaban J connectivity index is 1.29. The summed E-state index contributed by atoms with van der Waals surface area (Å²) in [6.45, 7) is 3.91. The van der Waals surface area contributed by atoms with Crippen molar-refractivity contribution >= 4 is 22.4 Å². The number of rotatable bonds is 4. The summed E-state index contributed by atoms with van der Waals surface area (Å²) in [5.41, 5.74) is 4.06. The molecule has 0 radical (unpaired) electrons. The maximum atomic E-state index is 11.8. The van der Waals surface area contributed by atoms with Gasteiger partial charge in [-0.2, -0.15) is 0 Å². The van der Waals surface area contributed by atoms with Crippen molar-refractivity contribution < 1.29 is 14.3 Å². The van der Waals surface area contributed by atoms with Gasteiger partial charge >= 0.3 is 0 Å². The van der Waals surface area contributed by atoms with Crippen molar-refractivity contribution in [1.82, 2.24) is 5.32 Å². The second-order valence-corrected chi connectivity index (χ2v) is 7.42. The number of nitrogens with one attached hydrogen (secondary N) is 2. The van der Waals surface area contributed by atoms with Crippen molar-refractivity contribution in [2.45, 2.75) is 26.0 Å². The largest absolute Gasteiger partial charge is 0.486 e. The molecular weight excluding hydrogens is 352 g/mol. The zero-order chi connectivity index (χ0) is 19.1. The van der Waals surface area contributed by atoms with Crippen LogP contribution >= 0.6 is 0 Å². The van der Waals surface area contributed by atoms with E-state index in [-0.39, 0.29) is 12.0 Å². The summed E-state index contributed by atoms with van der Waals surface area (Å²) in [6, 6.07) is 16.7. The van der Waals surface area contributed by atoms with Gasteiger partial charge in [-0.15, -0.1) is 0 Å². The van der Waals surface area contributed by atoms with E-state index in [9.17, 15) is 4.79 Å². The van der Waals surface area contributed by atoms with E-state index in [0.29, 0.717) is 25.3 Å². The van der Waals surface area contributed by atoms with Gasteiger partial charge in [0.05, 0.1) is 12.1 Å². The predicted octanol–water partition coefficient (Wildman–Crippen LogP) is 3.57. The number of fused-ring (bicyclic) bond motifs is 4. The summed E-state index contributed by atoms with van der Waals surface area (Å²) in [4.78, 5) is 11.8. The molecule has 2 aliphatic heterocycles. The molecular formula is C23H22N2O3. The van der Waals surface area contributed by atoms with Crippen molar-refractivity contribution in [2.75, 3.05) is 18.5 Å². The summed E-state index contributed by atoms with van der Waals surface area (Å²) in [7, 11) is 0. The molecule has 3 aromatic carbocycles. The lowest BCUT2D eigenvalue weighted by Gasteiger charge is -2.29. The van der Waals surface area contributed by atoms with Crippen LogP contribution in [0.1, 0.15) is 16.7 Å². The second kappa shape index (κ2) is 6.84. The van der Waals surface area contributed by atoms with Crippen LogP contribution in [0, 0.1) is 6.92 Å². The number of anilines is 1. The minimum atomic E-state index is -0.0926. The van der Waals surface area contributed by atoms with Gasteiger partial charge in [0.25, 0.3) is 0 Å². The second-order valence-electron chi connectivity index (χ2n) is 7.42. The summed E-state index contributed by atoms with van der Waals surface area (Å²) >= 11 is 0. The van der Waals surface area contributed by atoms with Gasteiger partial charge in [-0.25, -0.2) is 0 Å². The van der Waals surface area contributed by atoms with Crippen LogP contribution in [-0.2, 0) is 17.8 Å². The minimum Gasteiger partial charge on any atom is -0.486 e. The Hall–Kier alpha value is -3.05. The van der Waals surface area contributed by atoms with Crippen molar-refractivity contribution in [1.29, 1.82) is 0 Å². The van der Waals surface area contributed by atoms with Gasteiger partial charge in [0.15, 0.2) is 11.5 Å². The Bertz CT molecular complexity index is 1070. The van der Waals surface area contributed by atoms with Crippen LogP contribution in [0.2, 0.25) is 0 Å². The van der Waals surface area contributed by atoms with Gasteiger partial charge in [0, 0.05) is 18.7 Å². The minimum absolute atomic E-state index is 0.00584. The highest BCUT2D eigenvalue weighted by Gasteiger charge is 2.31. The molecule has 0 bridgehead atoms. The lowest BCUT2D eigenvalue weighted by Crippen LogP contribution is -2.38. The Morgan fingerprint density at radius 2 is 2.04 bits per heavy atom. The SMILES string of the molecule is Cc1cc2c(c3c1NC(=O)C3)OC(CNCc1cccc3ccccc13)CO2. The number of hydrogen-bond donors (Lipinski definition) is 2. The van der Waals surface area contributed by atoms with Crippen LogP contribution in [0.15, 0.2) is 48.5 Å². The van der Waals surface area contributed by atoms with E-state index in [0.717, 1.165) is 29.1 Å². The van der Waals surface area contributed by atoms with Crippen molar-refractivity contribution in [3.8, 4) is 11.5 Å². The van der Waals surface area contributed by atoms with Crippen molar-refractivity contribution in [3.63, 3.8) is 0 Å². The third kappa shape index (κ3) is 2.98. The van der Waals surface area contributed by atoms with Crippen LogP contribution in [-0.4, -0.2) is 25.2 Å². The van der Waals surface area contributed by atoms with Gasteiger partial charge in [-0.1, -0.05) is 42.5 Å². The van der Waals surface area contributed by atoms with Crippen LogP contribution in [0.3, 0.4) is 0 Å². The first-order valence-corrected chi connectivity index (χ1v) is 9.62. The molecule has 3 aromatic rings. The standard InChI is InChI=1S/C23H22N2O3/c1-14-9-20-23(19-10-21(26)25-22(14)19)28-17(13-27-20)12-24-11-16-7-4-6-15-5-2-3-8-18(15)16/h2-9,17,24H,10-13H2,1H3,(H,25,26). The Kier molecular flexibility index (Phi) is 4.17. The van der Waals surface area contributed by atoms with Crippen LogP contribution < -0.4 is 20.1 Å². The number of aryl methyl sites for hydroxylation is 1. The van der Waals surface area contributed by atoms with E-state index in [2.05, 4.69) is 53.1 Å². The summed E-state index contributed by atoms with van der Waals surface area (Å²) < 4.78 is 12.2. The summed E-state index contributed by atoms with van der Waals surface area (Å²) in [5, 5.41) is 8.93. The molecule has 0 saturated carbocycles. The topological polar surface area (TPSA) is 59.6 Å². The highest BCUT2D eigenvalue weighted by atomic mass is 16.6. The number of carbonyl (C=O) groups excluding carboxylic acids is 1. The first-order valence-electron chi connectivity index (χ1n) is 9.62. The number of carbonyl (C=O) groups is 1.